The number of phosphoric ester groups is 1. The number of phosphoric acid groups is 3. The number of ether oxygens (including phenoxy) is 2. The minimum Gasteiger partial charge on any atom is -0.481 e. The SMILES string of the molecule is Nc1nc2c(c(C#CCNC(=O)CCSSCCC(=O)N3CCCC3C(=O)NC(CCCCNC(=O)OCC3c4ccccc4-c4ccccc43)C(=O)N3CCCC3C(=O)NC(CC(=O)O)C(=O)NC(CC(=O)O)C(=O)O)cn2C2CC(O)C(COP(=O)(O)OP(=O)(O)OP(=O)(O)O)O2)c(=O)[nH]1. The summed E-state index contributed by atoms with van der Waals surface area (Å²) in [6.07, 6.45) is -4.35. The molecule has 10 unspecified atom stereocenters. The normalized spacial score (nSPS) is 19.9. The van der Waals surface area contributed by atoms with Crippen molar-refractivity contribution < 1.29 is 124 Å². The number of aromatic amines is 1. The van der Waals surface area contributed by atoms with E-state index in [2.05, 4.69) is 56.2 Å². The first-order valence-corrected chi connectivity index (χ1v) is 38.6. The van der Waals surface area contributed by atoms with Gasteiger partial charge in [0.25, 0.3) is 5.56 Å². The second kappa shape index (κ2) is 35.8. The number of nitrogens with two attached hydrogens (primary N) is 1. The van der Waals surface area contributed by atoms with Crippen LogP contribution in [0.5, 0.6) is 0 Å². The molecule has 4 aliphatic rings. The van der Waals surface area contributed by atoms with Gasteiger partial charge < -0.3 is 96.2 Å². The van der Waals surface area contributed by atoms with Crippen LogP contribution in [0.2, 0.25) is 0 Å². The van der Waals surface area contributed by atoms with Crippen LogP contribution in [0.25, 0.3) is 22.2 Å². The zero-order valence-corrected chi connectivity index (χ0v) is 58.2. The van der Waals surface area contributed by atoms with Gasteiger partial charge in [-0.25, -0.2) is 23.3 Å². The van der Waals surface area contributed by atoms with Crippen LogP contribution >= 0.6 is 45.1 Å². The number of nitrogen functional groups attached to an aromatic ring is 1. The van der Waals surface area contributed by atoms with Gasteiger partial charge in [-0.1, -0.05) is 82.0 Å². The fourth-order valence-electron chi connectivity index (χ4n) is 11.9. The molecule has 4 aromatic rings. The number of benzene rings is 2. The van der Waals surface area contributed by atoms with E-state index in [1.54, 1.807) is 0 Å². The summed E-state index contributed by atoms with van der Waals surface area (Å²) in [5.41, 5.74) is 9.22. The number of H-pyrrole nitrogens is 1. The molecule has 2 aromatic heterocycles. The van der Waals surface area contributed by atoms with Gasteiger partial charge in [0.1, 0.15) is 49.1 Å². The standard InChI is InChI=1S/C59H74N11O27P3S2/c60-58-66-51-50(55(81)67-58)32(29-70(51)47-28-43(71)44(95-47)31-94-99(89,90)97-100(91,92)96-98(86,87)88)10-7-21-61-45(72)18-24-101-102-25-19-46(73)68-22-8-16-41(68)53(79)63-38(15-5-6-20-62-59(85)93-30-37-35-13-3-1-11-33(35)34-12-2-4-14-36(34)37)56(82)69-23-9-17-42(69)54(80)64-39(26-48(74)75)52(78)65-40(57(83)84)27-49(76)77/h1-4,11-14,29,37-44,47,71H,5-6,8-9,15-28,30-31H2,(H,61,72)(H,62,85)(H,63,79)(H,64,80)(H,65,78)(H,74,75)(H,76,77)(H,83,84)(H,89,90)(H,91,92)(H2,86,87,88)(H3,60,66,67,81). The number of aromatic nitrogens is 3. The summed E-state index contributed by atoms with van der Waals surface area (Å²) in [5.74, 6) is -3.85. The Morgan fingerprint density at radius 3 is 2.00 bits per heavy atom. The van der Waals surface area contributed by atoms with Gasteiger partial charge in [-0.3, -0.25) is 52.7 Å². The number of rotatable bonds is 35. The van der Waals surface area contributed by atoms with Crippen LogP contribution in [0.15, 0.2) is 59.5 Å². The number of fused-ring (bicyclic) bond motifs is 4. The monoisotopic (exact) mass is 1530 g/mol. The van der Waals surface area contributed by atoms with Crippen molar-refractivity contribution in [3.63, 3.8) is 0 Å². The molecule has 0 spiro atoms. The van der Waals surface area contributed by atoms with Gasteiger partial charge in [0.15, 0.2) is 5.65 Å². The van der Waals surface area contributed by atoms with Crippen LogP contribution < -0.4 is 37.9 Å². The average molecular weight is 1530 g/mol. The highest BCUT2D eigenvalue weighted by atomic mass is 33.1. The lowest BCUT2D eigenvalue weighted by atomic mass is 9.98. The highest BCUT2D eigenvalue weighted by Crippen LogP contribution is 2.66. The van der Waals surface area contributed by atoms with Gasteiger partial charge in [0, 0.05) is 62.5 Å². The Morgan fingerprint density at radius 2 is 1.36 bits per heavy atom. The molecule has 43 heteroatoms. The number of nitrogens with one attached hydrogen (secondary N) is 6. The number of hydrogen-bond acceptors (Lipinski definition) is 24. The van der Waals surface area contributed by atoms with Gasteiger partial charge in [-0.2, -0.15) is 13.6 Å². The van der Waals surface area contributed by atoms with E-state index in [0.717, 1.165) is 27.2 Å². The Morgan fingerprint density at radius 1 is 0.755 bits per heavy atom. The summed E-state index contributed by atoms with van der Waals surface area (Å²) in [5, 5.41) is 51.2. The fraction of sp³-hybridized carbons (Fsp3) is 0.492. The number of unbranched alkanes of at least 4 members (excludes halogenated alkanes) is 1. The number of amides is 7. The van der Waals surface area contributed by atoms with Crippen LogP contribution in [0, 0.1) is 11.8 Å². The molecule has 0 saturated carbocycles. The quantitative estimate of drug-likeness (QED) is 0.0133. The number of aliphatic hydroxyl groups excluding tert-OH is 1. The highest BCUT2D eigenvalue weighted by Gasteiger charge is 2.45. The first-order valence-electron chi connectivity index (χ1n) is 31.6. The molecule has 7 amide bonds. The molecule has 2 aromatic carbocycles. The van der Waals surface area contributed by atoms with Crippen molar-refractivity contribution in [2.24, 2.45) is 0 Å². The molecule has 3 saturated heterocycles. The van der Waals surface area contributed by atoms with E-state index in [9.17, 15) is 91.5 Å². The van der Waals surface area contributed by atoms with Crippen LogP contribution in [0.1, 0.15) is 106 Å². The Kier molecular flexibility index (Phi) is 27.9. The second-order valence-electron chi connectivity index (χ2n) is 23.5. The third kappa shape index (κ3) is 22.1. The number of carboxylic acid groups (broad SMARTS) is 3. The minimum absolute atomic E-state index is 0.0137. The van der Waals surface area contributed by atoms with Crippen molar-refractivity contribution in [2.45, 2.75) is 132 Å². The minimum atomic E-state index is -5.84. The van der Waals surface area contributed by atoms with Crippen molar-refractivity contribution >= 4 is 121 Å². The van der Waals surface area contributed by atoms with Crippen molar-refractivity contribution in [3.05, 3.63) is 81.8 Å². The molecule has 38 nitrogen and oxygen atoms in total. The number of likely N-dealkylation sites (tertiary alicyclic amines) is 2. The van der Waals surface area contributed by atoms with E-state index >= 15 is 0 Å². The topological polar surface area (TPSA) is 573 Å². The molecular weight excluding hydrogens is 1450 g/mol. The van der Waals surface area contributed by atoms with Crippen molar-refractivity contribution in [1.29, 1.82) is 0 Å². The lowest BCUT2D eigenvalue weighted by Gasteiger charge is -2.31. The number of hydrogen-bond donors (Lipinski definition) is 15. The van der Waals surface area contributed by atoms with Crippen LogP contribution in [-0.4, -0.2) is 217 Å². The average Bonchev–Trinajstić information content (AvgIpc) is 1.62. The molecule has 3 aliphatic heterocycles. The van der Waals surface area contributed by atoms with Crippen molar-refractivity contribution in [3.8, 4) is 23.0 Å². The maximum absolute atomic E-state index is 14.6. The maximum Gasteiger partial charge on any atom is 0.490 e. The van der Waals surface area contributed by atoms with Gasteiger partial charge in [-0.15, -0.1) is 0 Å². The summed E-state index contributed by atoms with van der Waals surface area (Å²) in [6.45, 7) is -0.832. The van der Waals surface area contributed by atoms with Crippen molar-refractivity contribution in [2.75, 3.05) is 56.6 Å². The maximum atomic E-state index is 14.6. The predicted octanol–water partition coefficient (Wildman–Crippen LogP) is 1.11. The molecule has 102 heavy (non-hydrogen) atoms. The molecule has 8 rings (SSSR count). The molecule has 554 valence electrons. The molecule has 5 heterocycles. The third-order valence-corrected chi connectivity index (χ3v) is 22.6. The van der Waals surface area contributed by atoms with Gasteiger partial charge in [-0.05, 0) is 67.2 Å². The van der Waals surface area contributed by atoms with E-state index in [0.29, 0.717) is 12.2 Å². The van der Waals surface area contributed by atoms with Crippen LogP contribution in [-0.2, 0) is 79.5 Å². The summed E-state index contributed by atoms with van der Waals surface area (Å²) >= 11 is 0. The second-order valence-corrected chi connectivity index (χ2v) is 30.7. The van der Waals surface area contributed by atoms with Gasteiger partial charge in [0.2, 0.25) is 41.4 Å². The summed E-state index contributed by atoms with van der Waals surface area (Å²) in [6, 6.07) is 8.14. The molecule has 16 N–H and O–H groups in total. The van der Waals surface area contributed by atoms with Crippen molar-refractivity contribution in [1.82, 2.24) is 50.9 Å². The molecule has 10 atom stereocenters. The number of alkyl carbamates (subject to hydrolysis) is 1. The zero-order chi connectivity index (χ0) is 74.2. The third-order valence-electron chi connectivity index (χ3n) is 16.4. The zero-order valence-electron chi connectivity index (χ0n) is 53.9. The Labute approximate surface area is 587 Å². The van der Waals surface area contributed by atoms with Gasteiger partial charge in [0.05, 0.1) is 43.0 Å². The number of nitrogens with zero attached hydrogens (tertiary/aromatic N) is 4. The Balaban J connectivity index is 0.818. The van der Waals surface area contributed by atoms with E-state index in [1.165, 1.54) is 37.3 Å². The van der Waals surface area contributed by atoms with E-state index < -0.39 is 151 Å². The first-order chi connectivity index (χ1) is 48.3. The lowest BCUT2D eigenvalue weighted by Crippen LogP contribution is -2.58. The van der Waals surface area contributed by atoms with E-state index in [-0.39, 0.29) is 131 Å². The van der Waals surface area contributed by atoms with E-state index in [4.69, 9.17) is 30.1 Å². The number of anilines is 1. The summed E-state index contributed by atoms with van der Waals surface area (Å²) in [4.78, 5) is 190. The smallest absolute Gasteiger partial charge is 0.481 e. The molecule has 3 fully saturated rings. The van der Waals surface area contributed by atoms with E-state index in [1.807, 2.05) is 53.8 Å². The van der Waals surface area contributed by atoms with Gasteiger partial charge >= 0.3 is 47.5 Å². The Hall–Kier alpha value is -8.25. The lowest BCUT2D eigenvalue weighted by molar-refractivity contribution is -0.148. The highest BCUT2D eigenvalue weighted by molar-refractivity contribution is 8.76. The molecule has 0 bridgehead atoms. The largest absolute Gasteiger partial charge is 0.490 e. The molecular formula is C59H74N11O27P3S2. The molecule has 0 radical (unpaired) electrons. The van der Waals surface area contributed by atoms with Crippen LogP contribution in [0.3, 0.4) is 0 Å². The summed E-state index contributed by atoms with van der Waals surface area (Å²) in [7, 11) is -14.5. The Bertz CT molecular complexity index is 4070. The first kappa shape index (κ1) is 79.5. The van der Waals surface area contributed by atoms with Crippen LogP contribution in [0.4, 0.5) is 10.7 Å². The number of carboxylic acids is 3. The molecule has 1 aliphatic carbocycles. The summed E-state index contributed by atoms with van der Waals surface area (Å²) < 4.78 is 59.7. The number of aliphatic carboxylic acids is 3. The number of carbonyl (C=O) groups excluding carboxylic acids is 7. The predicted molar refractivity (Wildman–Crippen MR) is 357 cm³/mol. The fourth-order valence-corrected chi connectivity index (χ4v) is 16.9. The number of aliphatic hydroxyl groups is 1. The number of carbonyl (C=O) groups is 10.